The molecule has 0 amide bonds. The van der Waals surface area contributed by atoms with Gasteiger partial charge in [0.05, 0.1) is 5.92 Å². The average Bonchev–Trinajstić information content (AvgIpc) is 3.27. The number of aliphatic carboxylic acids is 1. The van der Waals surface area contributed by atoms with Gasteiger partial charge in [-0.2, -0.15) is 11.8 Å². The SMILES string of the molecule is CC(CSCc1cccc(C(=O)c2ccc(-c3cccc4c3oc3ccccc34)cc2)c1)C(=O)O. The van der Waals surface area contributed by atoms with Gasteiger partial charge in [-0.3, -0.25) is 9.59 Å². The van der Waals surface area contributed by atoms with Crippen LogP contribution in [0, 0.1) is 5.92 Å². The van der Waals surface area contributed by atoms with Crippen molar-refractivity contribution in [3.63, 3.8) is 0 Å². The molecule has 4 aromatic carbocycles. The zero-order chi connectivity index (χ0) is 24.4. The Kier molecular flexibility index (Phi) is 6.43. The molecule has 1 heterocycles. The van der Waals surface area contributed by atoms with E-state index in [0.717, 1.165) is 38.6 Å². The van der Waals surface area contributed by atoms with Crippen LogP contribution in [0.25, 0.3) is 33.1 Å². The van der Waals surface area contributed by atoms with Crippen LogP contribution in [0.1, 0.15) is 28.4 Å². The van der Waals surface area contributed by atoms with E-state index in [1.54, 1.807) is 18.7 Å². The third kappa shape index (κ3) is 4.73. The lowest BCUT2D eigenvalue weighted by Crippen LogP contribution is -2.11. The summed E-state index contributed by atoms with van der Waals surface area (Å²) in [7, 11) is 0. The molecule has 0 aliphatic heterocycles. The smallest absolute Gasteiger partial charge is 0.307 e. The summed E-state index contributed by atoms with van der Waals surface area (Å²) >= 11 is 1.56. The summed E-state index contributed by atoms with van der Waals surface area (Å²) < 4.78 is 6.16. The average molecular weight is 481 g/mol. The number of carbonyl (C=O) groups excluding carboxylic acids is 1. The van der Waals surface area contributed by atoms with Crippen LogP contribution in [0.15, 0.2) is 95.4 Å². The van der Waals surface area contributed by atoms with Crippen LogP contribution in [0.5, 0.6) is 0 Å². The molecule has 1 unspecified atom stereocenters. The highest BCUT2D eigenvalue weighted by Crippen LogP contribution is 2.35. The number of carbonyl (C=O) groups is 2. The number of fused-ring (bicyclic) bond motifs is 3. The van der Waals surface area contributed by atoms with Crippen molar-refractivity contribution >= 4 is 45.5 Å². The largest absolute Gasteiger partial charge is 0.481 e. The Labute approximate surface area is 207 Å². The van der Waals surface area contributed by atoms with E-state index in [0.29, 0.717) is 22.6 Å². The minimum atomic E-state index is -0.790. The predicted octanol–water partition coefficient (Wildman–Crippen LogP) is 7.44. The van der Waals surface area contributed by atoms with Crippen LogP contribution in [0.2, 0.25) is 0 Å². The number of para-hydroxylation sites is 2. The summed E-state index contributed by atoms with van der Waals surface area (Å²) in [5.41, 5.74) is 5.94. The standard InChI is InChI=1S/C30H24O4S/c1-19(30(32)33)17-35-18-20-6-4-7-23(16-20)28(31)22-14-12-21(13-15-22)24-9-5-10-26-25-8-2-3-11-27(25)34-29(24)26/h2-16,19H,17-18H2,1H3,(H,32,33). The van der Waals surface area contributed by atoms with Gasteiger partial charge in [-0.05, 0) is 23.3 Å². The molecule has 0 bridgehead atoms. The van der Waals surface area contributed by atoms with Gasteiger partial charge in [0.1, 0.15) is 11.2 Å². The van der Waals surface area contributed by atoms with Gasteiger partial charge in [-0.25, -0.2) is 0 Å². The van der Waals surface area contributed by atoms with Crippen LogP contribution < -0.4 is 0 Å². The van der Waals surface area contributed by atoms with Gasteiger partial charge in [0.2, 0.25) is 0 Å². The normalized spacial score (nSPS) is 12.1. The van der Waals surface area contributed by atoms with E-state index < -0.39 is 11.9 Å². The lowest BCUT2D eigenvalue weighted by Gasteiger charge is -2.08. The molecule has 0 aliphatic carbocycles. The number of carboxylic acid groups (broad SMARTS) is 1. The molecule has 5 rings (SSSR count). The highest BCUT2D eigenvalue weighted by molar-refractivity contribution is 7.98. The van der Waals surface area contributed by atoms with Gasteiger partial charge in [0.15, 0.2) is 5.78 Å². The summed E-state index contributed by atoms with van der Waals surface area (Å²) in [6.07, 6.45) is 0. The van der Waals surface area contributed by atoms with Gasteiger partial charge in [-0.1, -0.05) is 85.8 Å². The number of benzene rings is 4. The van der Waals surface area contributed by atoms with E-state index in [-0.39, 0.29) is 5.78 Å². The van der Waals surface area contributed by atoms with Crippen LogP contribution in [-0.2, 0) is 10.5 Å². The summed E-state index contributed by atoms with van der Waals surface area (Å²) in [6.45, 7) is 1.70. The molecule has 0 spiro atoms. The Bertz CT molecular complexity index is 1530. The van der Waals surface area contributed by atoms with Crippen molar-refractivity contribution in [3.8, 4) is 11.1 Å². The van der Waals surface area contributed by atoms with Crippen LogP contribution >= 0.6 is 11.8 Å². The van der Waals surface area contributed by atoms with Crippen molar-refractivity contribution in [2.75, 3.05) is 5.75 Å². The first kappa shape index (κ1) is 22.9. The topological polar surface area (TPSA) is 67.5 Å². The zero-order valence-corrected chi connectivity index (χ0v) is 20.0. The van der Waals surface area contributed by atoms with Gasteiger partial charge in [0, 0.05) is 39.0 Å². The highest BCUT2D eigenvalue weighted by atomic mass is 32.2. The van der Waals surface area contributed by atoms with Gasteiger partial charge in [0.25, 0.3) is 0 Å². The molecule has 5 heteroatoms. The Morgan fingerprint density at radius 3 is 2.40 bits per heavy atom. The number of hydrogen-bond donors (Lipinski definition) is 1. The molecule has 0 radical (unpaired) electrons. The third-order valence-electron chi connectivity index (χ3n) is 6.11. The maximum Gasteiger partial charge on any atom is 0.307 e. The molecule has 1 N–H and O–H groups in total. The molecule has 1 atom stereocenters. The molecule has 174 valence electrons. The van der Waals surface area contributed by atoms with Crippen molar-refractivity contribution in [1.29, 1.82) is 0 Å². The fraction of sp³-hybridized carbons (Fsp3) is 0.133. The zero-order valence-electron chi connectivity index (χ0n) is 19.2. The Morgan fingerprint density at radius 2 is 1.60 bits per heavy atom. The van der Waals surface area contributed by atoms with Crippen molar-refractivity contribution in [2.45, 2.75) is 12.7 Å². The van der Waals surface area contributed by atoms with Crippen molar-refractivity contribution in [2.24, 2.45) is 5.92 Å². The van der Waals surface area contributed by atoms with E-state index in [4.69, 9.17) is 9.52 Å². The number of furan rings is 1. The molecule has 5 aromatic rings. The van der Waals surface area contributed by atoms with Crippen molar-refractivity contribution in [3.05, 3.63) is 108 Å². The number of thioether (sulfide) groups is 1. The number of rotatable bonds is 8. The summed E-state index contributed by atoms with van der Waals surface area (Å²) in [5.74, 6) is -0.0222. The monoisotopic (exact) mass is 480 g/mol. The Hall–Kier alpha value is -3.83. The van der Waals surface area contributed by atoms with E-state index >= 15 is 0 Å². The lowest BCUT2D eigenvalue weighted by molar-refractivity contribution is -0.140. The quantitative estimate of drug-likeness (QED) is 0.234. The fourth-order valence-corrected chi connectivity index (χ4v) is 5.20. The number of carboxylic acids is 1. The van der Waals surface area contributed by atoms with Crippen LogP contribution in [-0.4, -0.2) is 22.6 Å². The maximum atomic E-state index is 13.1. The number of ketones is 1. The first-order chi connectivity index (χ1) is 17.0. The summed E-state index contributed by atoms with van der Waals surface area (Å²) in [5, 5.41) is 11.2. The molecule has 4 nitrogen and oxygen atoms in total. The predicted molar refractivity (Wildman–Crippen MR) is 142 cm³/mol. The molecular weight excluding hydrogens is 456 g/mol. The van der Waals surface area contributed by atoms with E-state index in [9.17, 15) is 9.59 Å². The molecule has 1 aromatic heterocycles. The highest BCUT2D eigenvalue weighted by Gasteiger charge is 2.14. The van der Waals surface area contributed by atoms with Crippen molar-refractivity contribution < 1.29 is 19.1 Å². The maximum absolute atomic E-state index is 13.1. The van der Waals surface area contributed by atoms with E-state index in [2.05, 4.69) is 12.1 Å². The Balaban J connectivity index is 1.36. The van der Waals surface area contributed by atoms with Crippen LogP contribution in [0.4, 0.5) is 0 Å². The first-order valence-electron chi connectivity index (χ1n) is 11.5. The van der Waals surface area contributed by atoms with Gasteiger partial charge < -0.3 is 9.52 Å². The number of hydrogen-bond acceptors (Lipinski definition) is 4. The molecule has 35 heavy (non-hydrogen) atoms. The van der Waals surface area contributed by atoms with E-state index in [1.807, 2.05) is 78.9 Å². The summed E-state index contributed by atoms with van der Waals surface area (Å²) in [4.78, 5) is 24.1. The first-order valence-corrected chi connectivity index (χ1v) is 12.6. The molecule has 0 fully saturated rings. The minimum Gasteiger partial charge on any atom is -0.481 e. The van der Waals surface area contributed by atoms with Crippen LogP contribution in [0.3, 0.4) is 0 Å². The molecule has 0 aliphatic rings. The molecular formula is C30H24O4S. The fourth-order valence-electron chi connectivity index (χ4n) is 4.17. The second kappa shape index (κ2) is 9.80. The van der Waals surface area contributed by atoms with E-state index in [1.165, 1.54) is 0 Å². The van der Waals surface area contributed by atoms with Crippen molar-refractivity contribution in [1.82, 2.24) is 0 Å². The summed E-state index contributed by atoms with van der Waals surface area (Å²) in [6, 6.07) is 29.3. The lowest BCUT2D eigenvalue weighted by atomic mass is 9.97. The Morgan fingerprint density at radius 1 is 0.857 bits per heavy atom. The second-order valence-corrected chi connectivity index (χ2v) is 9.67. The third-order valence-corrected chi connectivity index (χ3v) is 7.38. The second-order valence-electron chi connectivity index (χ2n) is 8.64. The minimum absolute atomic E-state index is 0.0377. The molecule has 0 saturated heterocycles. The van der Waals surface area contributed by atoms with Gasteiger partial charge in [-0.15, -0.1) is 0 Å². The molecule has 0 saturated carbocycles. The van der Waals surface area contributed by atoms with Gasteiger partial charge >= 0.3 is 5.97 Å².